The molecule has 1 aromatic heterocycles. The fourth-order valence-corrected chi connectivity index (χ4v) is 4.52. The van der Waals surface area contributed by atoms with Gasteiger partial charge in [-0.05, 0) is 56.4 Å². The van der Waals surface area contributed by atoms with Gasteiger partial charge in [-0.3, -0.25) is 0 Å². The minimum absolute atomic E-state index is 0.0568. The molecule has 1 aromatic carbocycles. The smallest absolute Gasteiger partial charge is 0.167 e. The summed E-state index contributed by atoms with van der Waals surface area (Å²) in [5.74, 6) is -1.42. The summed E-state index contributed by atoms with van der Waals surface area (Å²) in [6.45, 7) is 1.54. The number of benzene rings is 1. The van der Waals surface area contributed by atoms with Crippen molar-refractivity contribution in [3.63, 3.8) is 0 Å². The number of nitrogens with zero attached hydrogens (tertiary/aromatic N) is 2. The van der Waals surface area contributed by atoms with Crippen LogP contribution in [0.3, 0.4) is 0 Å². The molecule has 0 amide bonds. The van der Waals surface area contributed by atoms with Gasteiger partial charge in [0.2, 0.25) is 0 Å². The van der Waals surface area contributed by atoms with Crippen LogP contribution in [0.25, 0.3) is 11.1 Å². The number of aromatic nitrogens is 2. The normalized spacial score (nSPS) is 30.6. The molecule has 1 unspecified atom stereocenters. The monoisotopic (exact) mass is 374 g/mol. The van der Waals surface area contributed by atoms with E-state index in [0.29, 0.717) is 17.7 Å². The molecule has 6 heteroatoms. The quantitative estimate of drug-likeness (QED) is 0.714. The molecule has 27 heavy (non-hydrogen) atoms. The molecule has 3 heterocycles. The summed E-state index contributed by atoms with van der Waals surface area (Å²) in [5.41, 5.74) is 1.40. The van der Waals surface area contributed by atoms with Crippen LogP contribution >= 0.6 is 0 Å². The van der Waals surface area contributed by atoms with Crippen LogP contribution in [-0.4, -0.2) is 28.6 Å². The van der Waals surface area contributed by atoms with Crippen LogP contribution in [0.15, 0.2) is 24.5 Å². The Morgan fingerprint density at radius 1 is 1.07 bits per heavy atom. The van der Waals surface area contributed by atoms with E-state index >= 15 is 0 Å². The molecule has 144 valence electrons. The predicted molar refractivity (Wildman–Crippen MR) is 96.3 cm³/mol. The average Bonchev–Trinajstić information content (AvgIpc) is 3.27. The Balaban J connectivity index is 1.37. The second-order valence-corrected chi connectivity index (χ2v) is 8.11. The van der Waals surface area contributed by atoms with Crippen LogP contribution in [0.5, 0.6) is 0 Å². The van der Waals surface area contributed by atoms with E-state index < -0.39 is 11.6 Å². The molecule has 4 nitrogen and oxygen atoms in total. The predicted octanol–water partition coefficient (Wildman–Crippen LogP) is 4.95. The van der Waals surface area contributed by atoms with Gasteiger partial charge in [0, 0.05) is 23.9 Å². The van der Waals surface area contributed by atoms with Crippen LogP contribution in [-0.2, 0) is 9.47 Å². The summed E-state index contributed by atoms with van der Waals surface area (Å²) in [5, 5.41) is 4.31. The molecule has 0 N–H and O–H groups in total. The van der Waals surface area contributed by atoms with Crippen molar-refractivity contribution in [2.24, 2.45) is 0 Å². The Labute approximate surface area is 157 Å². The zero-order valence-corrected chi connectivity index (χ0v) is 15.3. The highest BCUT2D eigenvalue weighted by atomic mass is 19.2. The van der Waals surface area contributed by atoms with E-state index in [1.54, 1.807) is 29.2 Å². The highest BCUT2D eigenvalue weighted by molar-refractivity contribution is 5.63. The molecular weight excluding hydrogens is 350 g/mol. The lowest BCUT2D eigenvalue weighted by Gasteiger charge is -2.27. The van der Waals surface area contributed by atoms with Crippen LogP contribution in [0.1, 0.15) is 62.7 Å². The van der Waals surface area contributed by atoms with E-state index in [-0.39, 0.29) is 23.3 Å². The van der Waals surface area contributed by atoms with E-state index in [0.717, 1.165) is 51.6 Å². The fraction of sp³-hybridized carbons (Fsp3) is 0.571. The van der Waals surface area contributed by atoms with E-state index in [1.165, 1.54) is 0 Å². The van der Waals surface area contributed by atoms with Crippen molar-refractivity contribution in [2.45, 2.75) is 62.7 Å². The Morgan fingerprint density at radius 2 is 1.89 bits per heavy atom. The molecule has 3 fully saturated rings. The third-order valence-electron chi connectivity index (χ3n) is 6.36. The molecule has 2 saturated heterocycles. The molecule has 1 atom stereocenters. The number of epoxide rings is 1. The first-order valence-corrected chi connectivity index (χ1v) is 9.93. The minimum Gasteiger partial charge on any atom is -0.370 e. The van der Waals surface area contributed by atoms with Crippen molar-refractivity contribution in [2.75, 3.05) is 13.2 Å². The van der Waals surface area contributed by atoms with E-state index in [4.69, 9.17) is 9.47 Å². The molecular formula is C21H24F2N2O2. The summed E-state index contributed by atoms with van der Waals surface area (Å²) in [4.78, 5) is 0. The van der Waals surface area contributed by atoms with Gasteiger partial charge in [0.1, 0.15) is 6.23 Å². The average molecular weight is 374 g/mol. The van der Waals surface area contributed by atoms with Crippen LogP contribution in [0, 0.1) is 11.6 Å². The number of halogens is 2. The van der Waals surface area contributed by atoms with Gasteiger partial charge in [-0.1, -0.05) is 12.1 Å². The summed E-state index contributed by atoms with van der Waals surface area (Å²) in [7, 11) is 0. The van der Waals surface area contributed by atoms with Crippen LogP contribution < -0.4 is 0 Å². The maximum atomic E-state index is 14.9. The lowest BCUT2D eigenvalue weighted by atomic mass is 9.78. The van der Waals surface area contributed by atoms with E-state index in [2.05, 4.69) is 5.10 Å². The number of hydrogen-bond donors (Lipinski definition) is 0. The molecule has 3 aliphatic rings. The highest BCUT2D eigenvalue weighted by Crippen LogP contribution is 2.47. The maximum absolute atomic E-state index is 14.9. The van der Waals surface area contributed by atoms with Gasteiger partial charge in [0.05, 0.1) is 18.4 Å². The van der Waals surface area contributed by atoms with Crippen molar-refractivity contribution in [3.05, 3.63) is 41.7 Å². The van der Waals surface area contributed by atoms with Crippen molar-refractivity contribution >= 4 is 0 Å². The lowest BCUT2D eigenvalue weighted by molar-refractivity contribution is -0.0394. The first-order valence-electron chi connectivity index (χ1n) is 9.93. The first-order chi connectivity index (χ1) is 13.2. The van der Waals surface area contributed by atoms with Gasteiger partial charge in [0.25, 0.3) is 0 Å². The highest BCUT2D eigenvalue weighted by Gasteiger charge is 2.47. The van der Waals surface area contributed by atoms with Crippen LogP contribution in [0.4, 0.5) is 8.78 Å². The third-order valence-corrected chi connectivity index (χ3v) is 6.36. The van der Waals surface area contributed by atoms with Gasteiger partial charge >= 0.3 is 0 Å². The molecule has 1 spiro atoms. The molecule has 2 aliphatic heterocycles. The zero-order chi connectivity index (χ0) is 18.4. The second kappa shape index (κ2) is 6.67. The maximum Gasteiger partial charge on any atom is 0.167 e. The SMILES string of the molecule is Fc1c(-c2cnn(C3CCCCO3)c2)ccc(C2CCC3(CC2)CO3)c1F. The third kappa shape index (κ3) is 3.19. The lowest BCUT2D eigenvalue weighted by Crippen LogP contribution is -2.21. The van der Waals surface area contributed by atoms with Crippen molar-refractivity contribution in [3.8, 4) is 11.1 Å². The molecule has 5 rings (SSSR count). The fourth-order valence-electron chi connectivity index (χ4n) is 4.52. The molecule has 1 saturated carbocycles. The Kier molecular flexibility index (Phi) is 4.28. The van der Waals surface area contributed by atoms with Crippen molar-refractivity contribution < 1.29 is 18.3 Å². The van der Waals surface area contributed by atoms with Crippen LogP contribution in [0.2, 0.25) is 0 Å². The number of rotatable bonds is 3. The summed E-state index contributed by atoms with van der Waals surface area (Å²) < 4.78 is 42.6. The molecule has 0 bridgehead atoms. The van der Waals surface area contributed by atoms with Gasteiger partial charge in [0.15, 0.2) is 11.6 Å². The Bertz CT molecular complexity index is 831. The van der Waals surface area contributed by atoms with Gasteiger partial charge in [-0.2, -0.15) is 5.10 Å². The minimum atomic E-state index is -0.778. The van der Waals surface area contributed by atoms with E-state index in [9.17, 15) is 8.78 Å². The summed E-state index contributed by atoms with van der Waals surface area (Å²) in [6, 6.07) is 3.44. The topological polar surface area (TPSA) is 39.6 Å². The van der Waals surface area contributed by atoms with Gasteiger partial charge < -0.3 is 9.47 Å². The second-order valence-electron chi connectivity index (χ2n) is 8.11. The Morgan fingerprint density at radius 3 is 2.59 bits per heavy atom. The molecule has 0 radical (unpaired) electrons. The molecule has 2 aromatic rings. The Hall–Kier alpha value is -1.79. The first kappa shape index (κ1) is 17.3. The van der Waals surface area contributed by atoms with Crippen molar-refractivity contribution in [1.82, 2.24) is 9.78 Å². The van der Waals surface area contributed by atoms with Gasteiger partial charge in [-0.25, -0.2) is 13.5 Å². The van der Waals surface area contributed by atoms with E-state index in [1.807, 2.05) is 0 Å². The summed E-state index contributed by atoms with van der Waals surface area (Å²) >= 11 is 0. The number of ether oxygens (including phenoxy) is 2. The standard InChI is InChI=1S/C21H24F2N2O2/c22-19-16(14-6-8-21(9-7-14)13-27-21)4-5-17(20(19)23)15-11-24-25(12-15)18-3-1-2-10-26-18/h4-5,11-12,14,18H,1-3,6-10,13H2. The molecule has 1 aliphatic carbocycles. The van der Waals surface area contributed by atoms with Gasteiger partial charge in [-0.15, -0.1) is 0 Å². The van der Waals surface area contributed by atoms with Crippen molar-refractivity contribution in [1.29, 1.82) is 0 Å². The number of hydrogen-bond acceptors (Lipinski definition) is 3. The summed E-state index contributed by atoms with van der Waals surface area (Å²) in [6.07, 6.45) is 9.85. The largest absolute Gasteiger partial charge is 0.370 e. The zero-order valence-electron chi connectivity index (χ0n) is 15.3.